The number of hydrogen-bond acceptors (Lipinski definition) is 3. The van der Waals surface area contributed by atoms with Gasteiger partial charge in [0.25, 0.3) is 0 Å². The van der Waals surface area contributed by atoms with Crippen molar-refractivity contribution in [1.82, 2.24) is 5.32 Å². The zero-order chi connectivity index (χ0) is 16.5. The van der Waals surface area contributed by atoms with Crippen LogP contribution in [0.1, 0.15) is 17.5 Å². The highest BCUT2D eigenvalue weighted by molar-refractivity contribution is 5.76. The second kappa shape index (κ2) is 8.83. The summed E-state index contributed by atoms with van der Waals surface area (Å²) in [6.45, 7) is 2.99. The molecule has 2 aromatic carbocycles. The van der Waals surface area contributed by atoms with Crippen molar-refractivity contribution in [2.24, 2.45) is 0 Å². The summed E-state index contributed by atoms with van der Waals surface area (Å²) in [5.74, 6) is 1.66. The molecule has 0 fully saturated rings. The molecule has 4 heteroatoms. The second-order valence-electron chi connectivity index (χ2n) is 5.32. The first-order valence-corrected chi connectivity index (χ1v) is 7.77. The Bertz CT molecular complexity index is 623. The molecule has 0 heterocycles. The summed E-state index contributed by atoms with van der Waals surface area (Å²) in [6.07, 6.45) is 1.10. The Morgan fingerprint density at radius 2 is 1.83 bits per heavy atom. The van der Waals surface area contributed by atoms with Gasteiger partial charge in [0.1, 0.15) is 18.1 Å². The number of carbonyl (C=O) groups is 1. The van der Waals surface area contributed by atoms with E-state index in [0.29, 0.717) is 26.0 Å². The van der Waals surface area contributed by atoms with Crippen molar-refractivity contribution in [3.05, 3.63) is 59.7 Å². The van der Waals surface area contributed by atoms with Gasteiger partial charge in [-0.3, -0.25) is 4.79 Å². The van der Waals surface area contributed by atoms with Crippen molar-refractivity contribution in [1.29, 1.82) is 0 Å². The number of aryl methyl sites for hydroxylation is 2. The smallest absolute Gasteiger partial charge is 0.220 e. The molecule has 0 atom stereocenters. The van der Waals surface area contributed by atoms with E-state index < -0.39 is 0 Å². The van der Waals surface area contributed by atoms with Crippen LogP contribution in [0.5, 0.6) is 11.5 Å². The van der Waals surface area contributed by atoms with E-state index in [-0.39, 0.29) is 5.91 Å². The summed E-state index contributed by atoms with van der Waals surface area (Å²) in [6, 6.07) is 15.6. The molecule has 122 valence electrons. The third kappa shape index (κ3) is 5.66. The van der Waals surface area contributed by atoms with Gasteiger partial charge in [-0.25, -0.2) is 0 Å². The normalized spacial score (nSPS) is 10.2. The van der Waals surface area contributed by atoms with Gasteiger partial charge in [0.05, 0.1) is 13.7 Å². The summed E-state index contributed by atoms with van der Waals surface area (Å²) < 4.78 is 10.9. The van der Waals surface area contributed by atoms with Crippen LogP contribution in [-0.4, -0.2) is 26.2 Å². The fourth-order valence-electron chi connectivity index (χ4n) is 2.24. The van der Waals surface area contributed by atoms with Crippen LogP contribution >= 0.6 is 0 Å². The van der Waals surface area contributed by atoms with Gasteiger partial charge in [-0.05, 0) is 37.1 Å². The zero-order valence-corrected chi connectivity index (χ0v) is 13.7. The van der Waals surface area contributed by atoms with Gasteiger partial charge in [-0.1, -0.05) is 35.9 Å². The minimum absolute atomic E-state index is 0.0170. The van der Waals surface area contributed by atoms with Gasteiger partial charge in [-0.2, -0.15) is 0 Å². The van der Waals surface area contributed by atoms with E-state index in [4.69, 9.17) is 9.47 Å². The predicted octanol–water partition coefficient (Wildman–Crippen LogP) is 3.13. The van der Waals surface area contributed by atoms with Gasteiger partial charge >= 0.3 is 0 Å². The lowest BCUT2D eigenvalue weighted by Crippen LogP contribution is -2.28. The van der Waals surface area contributed by atoms with E-state index in [2.05, 4.69) is 5.32 Å². The topological polar surface area (TPSA) is 47.6 Å². The van der Waals surface area contributed by atoms with E-state index >= 15 is 0 Å². The van der Waals surface area contributed by atoms with E-state index in [9.17, 15) is 4.79 Å². The molecule has 0 saturated heterocycles. The summed E-state index contributed by atoms with van der Waals surface area (Å²) in [5.41, 5.74) is 2.24. The van der Waals surface area contributed by atoms with Crippen LogP contribution in [0, 0.1) is 6.92 Å². The average molecular weight is 313 g/mol. The quantitative estimate of drug-likeness (QED) is 0.762. The number of ether oxygens (including phenoxy) is 2. The minimum Gasteiger partial charge on any atom is -0.496 e. The number of para-hydroxylation sites is 1. The summed E-state index contributed by atoms with van der Waals surface area (Å²) >= 11 is 0. The van der Waals surface area contributed by atoms with Crippen molar-refractivity contribution in [2.45, 2.75) is 19.8 Å². The number of nitrogens with one attached hydrogen (secondary N) is 1. The predicted molar refractivity (Wildman–Crippen MR) is 91.0 cm³/mol. The van der Waals surface area contributed by atoms with Gasteiger partial charge < -0.3 is 14.8 Å². The number of amides is 1. The van der Waals surface area contributed by atoms with Crippen LogP contribution in [0.4, 0.5) is 0 Å². The fourth-order valence-corrected chi connectivity index (χ4v) is 2.24. The Hall–Kier alpha value is -2.49. The molecule has 2 aromatic rings. The maximum Gasteiger partial charge on any atom is 0.220 e. The maximum absolute atomic E-state index is 11.9. The number of carbonyl (C=O) groups excluding carboxylic acids is 1. The van der Waals surface area contributed by atoms with Crippen molar-refractivity contribution >= 4 is 5.91 Å². The molecule has 0 aromatic heterocycles. The molecule has 4 nitrogen and oxygen atoms in total. The van der Waals surface area contributed by atoms with Crippen LogP contribution in [0.25, 0.3) is 0 Å². The van der Waals surface area contributed by atoms with Gasteiger partial charge in [0.2, 0.25) is 5.91 Å². The second-order valence-corrected chi connectivity index (χ2v) is 5.32. The molecule has 1 amide bonds. The van der Waals surface area contributed by atoms with E-state index in [1.165, 1.54) is 5.56 Å². The van der Waals surface area contributed by atoms with Crippen molar-refractivity contribution in [3.8, 4) is 11.5 Å². The molecule has 2 rings (SSSR count). The van der Waals surface area contributed by atoms with E-state index in [1.54, 1.807) is 7.11 Å². The molecule has 0 aliphatic heterocycles. The first-order valence-electron chi connectivity index (χ1n) is 7.77. The molecular weight excluding hydrogens is 290 g/mol. The SMILES string of the molecule is COc1ccccc1CCC(=O)NCCOc1ccc(C)cc1. The third-order valence-electron chi connectivity index (χ3n) is 3.53. The van der Waals surface area contributed by atoms with Crippen LogP contribution in [-0.2, 0) is 11.2 Å². The number of methoxy groups -OCH3 is 1. The Balaban J connectivity index is 1.66. The van der Waals surface area contributed by atoms with Crippen molar-refractivity contribution in [2.75, 3.05) is 20.3 Å². The number of hydrogen-bond donors (Lipinski definition) is 1. The van der Waals surface area contributed by atoms with E-state index in [0.717, 1.165) is 17.1 Å². The Morgan fingerprint density at radius 1 is 1.09 bits per heavy atom. The third-order valence-corrected chi connectivity index (χ3v) is 3.53. The lowest BCUT2D eigenvalue weighted by Gasteiger charge is -2.09. The van der Waals surface area contributed by atoms with Crippen LogP contribution in [0.2, 0.25) is 0 Å². The molecule has 23 heavy (non-hydrogen) atoms. The maximum atomic E-state index is 11.9. The first kappa shape index (κ1) is 16.9. The molecule has 0 aliphatic rings. The van der Waals surface area contributed by atoms with Crippen molar-refractivity contribution in [3.63, 3.8) is 0 Å². The zero-order valence-electron chi connectivity index (χ0n) is 13.7. The minimum atomic E-state index is 0.0170. The molecule has 0 unspecified atom stereocenters. The van der Waals surface area contributed by atoms with Crippen molar-refractivity contribution < 1.29 is 14.3 Å². The van der Waals surface area contributed by atoms with Crippen LogP contribution < -0.4 is 14.8 Å². The highest BCUT2D eigenvalue weighted by atomic mass is 16.5. The number of benzene rings is 2. The van der Waals surface area contributed by atoms with Gasteiger partial charge in [0, 0.05) is 6.42 Å². The Labute approximate surface area is 137 Å². The first-order chi connectivity index (χ1) is 11.2. The van der Waals surface area contributed by atoms with Crippen LogP contribution in [0.15, 0.2) is 48.5 Å². The fraction of sp³-hybridized carbons (Fsp3) is 0.316. The molecule has 1 N–H and O–H groups in total. The molecule has 0 aliphatic carbocycles. The lowest BCUT2D eigenvalue weighted by molar-refractivity contribution is -0.121. The molecule has 0 bridgehead atoms. The summed E-state index contributed by atoms with van der Waals surface area (Å²) in [5, 5.41) is 2.87. The highest BCUT2D eigenvalue weighted by Crippen LogP contribution is 2.18. The van der Waals surface area contributed by atoms with Gasteiger partial charge in [0.15, 0.2) is 0 Å². The van der Waals surface area contributed by atoms with E-state index in [1.807, 2.05) is 55.5 Å². The molecule has 0 saturated carbocycles. The standard InChI is InChI=1S/C19H23NO3/c1-15-7-10-17(11-8-15)23-14-13-20-19(21)12-9-16-5-3-4-6-18(16)22-2/h3-8,10-11H,9,12-14H2,1-2H3,(H,20,21). The monoisotopic (exact) mass is 313 g/mol. The Morgan fingerprint density at radius 3 is 2.57 bits per heavy atom. The molecule has 0 spiro atoms. The summed E-state index contributed by atoms with van der Waals surface area (Å²) in [4.78, 5) is 11.9. The van der Waals surface area contributed by atoms with Crippen LogP contribution in [0.3, 0.4) is 0 Å². The molecule has 0 radical (unpaired) electrons. The molecular formula is C19H23NO3. The summed E-state index contributed by atoms with van der Waals surface area (Å²) in [7, 11) is 1.64. The highest BCUT2D eigenvalue weighted by Gasteiger charge is 2.05. The number of rotatable bonds is 8. The average Bonchev–Trinajstić information content (AvgIpc) is 2.58. The lowest BCUT2D eigenvalue weighted by atomic mass is 10.1. The van der Waals surface area contributed by atoms with Gasteiger partial charge in [-0.15, -0.1) is 0 Å². The Kier molecular flexibility index (Phi) is 6.48. The largest absolute Gasteiger partial charge is 0.496 e.